The Balaban J connectivity index is 1.79. The number of nitrogens with zero attached hydrogens (tertiary/aromatic N) is 2. The average molecular weight is 331 g/mol. The molecule has 3 rings (SSSR count). The first-order valence-corrected chi connectivity index (χ1v) is 7.71. The van der Waals surface area contributed by atoms with Crippen LogP contribution in [0.4, 0.5) is 0 Å². The monoisotopic (exact) mass is 331 g/mol. The molecule has 3 aromatic rings. The fraction of sp³-hybridized carbons (Fsp3) is 0.100. The number of aromatic nitrogens is 1. The fourth-order valence-electron chi connectivity index (χ4n) is 2.60. The van der Waals surface area contributed by atoms with Crippen LogP contribution in [-0.4, -0.2) is 23.8 Å². The molecule has 0 aliphatic heterocycles. The lowest BCUT2D eigenvalue weighted by atomic mass is 10.2. The highest BCUT2D eigenvalue weighted by atomic mass is 16.5. The van der Waals surface area contributed by atoms with Crippen molar-refractivity contribution in [1.82, 2.24) is 9.99 Å². The minimum atomic E-state index is -0.303. The molecule has 5 nitrogen and oxygen atoms in total. The first kappa shape index (κ1) is 16.3. The van der Waals surface area contributed by atoms with Gasteiger partial charge in [0, 0.05) is 28.2 Å². The van der Waals surface area contributed by atoms with Crippen molar-refractivity contribution in [1.29, 1.82) is 0 Å². The Bertz CT molecular complexity index is 980. The Morgan fingerprint density at radius 3 is 2.96 bits per heavy atom. The summed E-state index contributed by atoms with van der Waals surface area (Å²) in [4.78, 5) is 12.2. The lowest BCUT2D eigenvalue weighted by molar-refractivity contribution is 0.0955. The van der Waals surface area contributed by atoms with Crippen LogP contribution >= 0.6 is 0 Å². The van der Waals surface area contributed by atoms with Gasteiger partial charge in [-0.3, -0.25) is 4.79 Å². The highest BCUT2D eigenvalue weighted by molar-refractivity contribution is 6.00. The Kier molecular flexibility index (Phi) is 4.82. The van der Waals surface area contributed by atoms with Gasteiger partial charge in [-0.1, -0.05) is 30.2 Å². The molecule has 25 heavy (non-hydrogen) atoms. The third-order valence-electron chi connectivity index (χ3n) is 3.78. The van der Waals surface area contributed by atoms with Crippen molar-refractivity contribution in [3.05, 3.63) is 65.9 Å². The maximum atomic E-state index is 12.2. The molecule has 0 aliphatic rings. The van der Waals surface area contributed by atoms with Crippen LogP contribution in [0.5, 0.6) is 5.75 Å². The van der Waals surface area contributed by atoms with Gasteiger partial charge >= 0.3 is 0 Å². The minimum absolute atomic E-state index is 0.303. The summed E-state index contributed by atoms with van der Waals surface area (Å²) < 4.78 is 7.09. The van der Waals surface area contributed by atoms with E-state index in [1.807, 2.05) is 35.0 Å². The molecule has 0 unspecified atom stereocenters. The van der Waals surface area contributed by atoms with E-state index in [0.29, 0.717) is 17.9 Å². The smallest absolute Gasteiger partial charge is 0.271 e. The summed E-state index contributed by atoms with van der Waals surface area (Å²) in [6.45, 7) is 0.477. The number of hydrogen-bond acceptors (Lipinski definition) is 3. The summed E-state index contributed by atoms with van der Waals surface area (Å²) in [5.74, 6) is 2.95. The first-order valence-electron chi connectivity index (χ1n) is 7.71. The Labute approximate surface area is 145 Å². The van der Waals surface area contributed by atoms with Gasteiger partial charge in [0.1, 0.15) is 5.75 Å². The van der Waals surface area contributed by atoms with Gasteiger partial charge in [0.25, 0.3) is 5.91 Å². The zero-order chi connectivity index (χ0) is 17.6. The number of nitrogens with one attached hydrogen (secondary N) is 1. The molecule has 0 bridgehead atoms. The van der Waals surface area contributed by atoms with Gasteiger partial charge in [-0.15, -0.1) is 6.42 Å². The highest BCUT2D eigenvalue weighted by Crippen LogP contribution is 2.19. The largest absolute Gasteiger partial charge is 0.497 e. The lowest BCUT2D eigenvalue weighted by Gasteiger charge is -2.02. The second kappa shape index (κ2) is 7.37. The van der Waals surface area contributed by atoms with E-state index in [2.05, 4.69) is 16.4 Å². The molecular formula is C20H17N3O2. The number of rotatable bonds is 5. The lowest BCUT2D eigenvalue weighted by Crippen LogP contribution is -2.17. The fourth-order valence-corrected chi connectivity index (χ4v) is 2.60. The maximum Gasteiger partial charge on any atom is 0.271 e. The molecule has 0 radical (unpaired) electrons. The molecule has 0 aliphatic carbocycles. The number of methoxy groups -OCH3 is 1. The summed E-state index contributed by atoms with van der Waals surface area (Å²) in [7, 11) is 1.56. The molecule has 5 heteroatoms. The van der Waals surface area contributed by atoms with E-state index in [1.54, 1.807) is 37.6 Å². The summed E-state index contributed by atoms with van der Waals surface area (Å²) in [5, 5.41) is 5.09. The van der Waals surface area contributed by atoms with Crippen molar-refractivity contribution in [3.63, 3.8) is 0 Å². The molecule has 0 fully saturated rings. The van der Waals surface area contributed by atoms with E-state index < -0.39 is 0 Å². The van der Waals surface area contributed by atoms with Gasteiger partial charge in [-0.25, -0.2) is 5.43 Å². The SMILES string of the molecule is C#CCn1cc(/C=N/NC(=O)c2cccc(OC)c2)c2ccccc21. The predicted molar refractivity (Wildman–Crippen MR) is 98.8 cm³/mol. The van der Waals surface area contributed by atoms with Crippen molar-refractivity contribution in [2.45, 2.75) is 6.54 Å². The molecule has 1 amide bonds. The number of carbonyl (C=O) groups is 1. The van der Waals surface area contributed by atoms with Gasteiger partial charge in [-0.05, 0) is 24.3 Å². The number of carbonyl (C=O) groups excluding carboxylic acids is 1. The number of para-hydroxylation sites is 1. The van der Waals surface area contributed by atoms with Crippen molar-refractivity contribution in [2.75, 3.05) is 7.11 Å². The van der Waals surface area contributed by atoms with Crippen molar-refractivity contribution >= 4 is 23.0 Å². The van der Waals surface area contributed by atoms with E-state index in [-0.39, 0.29) is 5.91 Å². The molecule has 1 heterocycles. The number of ether oxygens (including phenoxy) is 1. The van der Waals surface area contributed by atoms with E-state index in [0.717, 1.165) is 16.5 Å². The summed E-state index contributed by atoms with van der Waals surface area (Å²) >= 11 is 0. The van der Waals surface area contributed by atoms with Gasteiger partial charge in [0.15, 0.2) is 0 Å². The molecular weight excluding hydrogens is 314 g/mol. The van der Waals surface area contributed by atoms with E-state index in [9.17, 15) is 4.79 Å². The third kappa shape index (κ3) is 3.54. The molecule has 0 atom stereocenters. The average Bonchev–Trinajstić information content (AvgIpc) is 3.00. The van der Waals surface area contributed by atoms with Crippen LogP contribution in [0.25, 0.3) is 10.9 Å². The summed E-state index contributed by atoms with van der Waals surface area (Å²) in [6.07, 6.45) is 8.96. The highest BCUT2D eigenvalue weighted by Gasteiger charge is 2.07. The van der Waals surface area contributed by atoms with Gasteiger partial charge in [-0.2, -0.15) is 5.10 Å². The van der Waals surface area contributed by atoms with Crippen LogP contribution in [-0.2, 0) is 6.54 Å². The summed E-state index contributed by atoms with van der Waals surface area (Å²) in [5.41, 5.74) is 4.92. The van der Waals surface area contributed by atoms with Gasteiger partial charge in [0.2, 0.25) is 0 Å². The third-order valence-corrected chi connectivity index (χ3v) is 3.78. The maximum absolute atomic E-state index is 12.2. The number of fused-ring (bicyclic) bond motifs is 1. The number of hydrazone groups is 1. The van der Waals surface area contributed by atoms with Gasteiger partial charge in [0.05, 0.1) is 19.9 Å². The minimum Gasteiger partial charge on any atom is -0.497 e. The normalized spacial score (nSPS) is 10.7. The van der Waals surface area contributed by atoms with Crippen LogP contribution in [0.3, 0.4) is 0 Å². The standard InChI is InChI=1S/C20H17N3O2/c1-3-11-23-14-16(18-9-4-5-10-19(18)23)13-21-22-20(24)15-7-6-8-17(12-15)25-2/h1,4-10,12-14H,11H2,2H3,(H,22,24)/b21-13+. The molecule has 0 saturated carbocycles. The van der Waals surface area contributed by atoms with E-state index in [1.165, 1.54) is 0 Å². The molecule has 124 valence electrons. The van der Waals surface area contributed by atoms with Crippen molar-refractivity contribution < 1.29 is 9.53 Å². The molecule has 0 saturated heterocycles. The summed E-state index contributed by atoms with van der Waals surface area (Å²) in [6, 6.07) is 14.8. The van der Waals surface area contributed by atoms with Crippen LogP contribution in [0.1, 0.15) is 15.9 Å². The van der Waals surface area contributed by atoms with Crippen LogP contribution in [0.2, 0.25) is 0 Å². The molecule has 0 spiro atoms. The number of hydrogen-bond donors (Lipinski definition) is 1. The Hall–Kier alpha value is -3.52. The van der Waals surface area contributed by atoms with E-state index >= 15 is 0 Å². The molecule has 1 aromatic heterocycles. The zero-order valence-electron chi connectivity index (χ0n) is 13.8. The second-order valence-corrected chi connectivity index (χ2v) is 5.36. The number of benzene rings is 2. The zero-order valence-corrected chi connectivity index (χ0v) is 13.8. The van der Waals surface area contributed by atoms with Crippen molar-refractivity contribution in [3.8, 4) is 18.1 Å². The first-order chi connectivity index (χ1) is 12.2. The topological polar surface area (TPSA) is 55.6 Å². The molecule has 1 N–H and O–H groups in total. The predicted octanol–water partition coefficient (Wildman–Crippen LogP) is 3.05. The van der Waals surface area contributed by atoms with E-state index in [4.69, 9.17) is 11.2 Å². The second-order valence-electron chi connectivity index (χ2n) is 5.36. The van der Waals surface area contributed by atoms with Crippen LogP contribution in [0, 0.1) is 12.3 Å². The molecule has 2 aromatic carbocycles. The number of terminal acetylenes is 1. The van der Waals surface area contributed by atoms with Crippen LogP contribution in [0.15, 0.2) is 59.8 Å². The quantitative estimate of drug-likeness (QED) is 0.444. The Morgan fingerprint density at radius 1 is 1.32 bits per heavy atom. The number of amides is 1. The van der Waals surface area contributed by atoms with Gasteiger partial charge < -0.3 is 9.30 Å². The Morgan fingerprint density at radius 2 is 2.16 bits per heavy atom. The van der Waals surface area contributed by atoms with Crippen LogP contribution < -0.4 is 10.2 Å². The van der Waals surface area contributed by atoms with Crippen molar-refractivity contribution in [2.24, 2.45) is 5.10 Å².